The van der Waals surface area contributed by atoms with Crippen LogP contribution in [-0.2, 0) is 6.54 Å². The number of thiazole rings is 1. The summed E-state index contributed by atoms with van der Waals surface area (Å²) in [6, 6.07) is 0.287. The van der Waals surface area contributed by atoms with Gasteiger partial charge in [0.05, 0.1) is 11.1 Å². The molecule has 0 aliphatic heterocycles. The standard InChI is InChI=1S/C13H20N2OS/c16-12-4-2-1-3-11(12)14-7-10-8-15-13(17-10)9-5-6-9/h8-9,11-12,14,16H,1-7H2. The number of aliphatic hydroxyl groups is 1. The molecule has 4 heteroatoms. The fraction of sp³-hybridized carbons (Fsp3) is 0.769. The number of aliphatic hydroxyl groups excluding tert-OH is 1. The van der Waals surface area contributed by atoms with E-state index in [1.165, 1.54) is 35.6 Å². The first-order chi connectivity index (χ1) is 8.33. The van der Waals surface area contributed by atoms with E-state index in [1.807, 2.05) is 17.5 Å². The Kier molecular flexibility index (Phi) is 3.45. The lowest BCUT2D eigenvalue weighted by Gasteiger charge is -2.28. The summed E-state index contributed by atoms with van der Waals surface area (Å²) in [5.41, 5.74) is 0. The molecule has 2 fully saturated rings. The van der Waals surface area contributed by atoms with Crippen molar-refractivity contribution in [3.63, 3.8) is 0 Å². The van der Waals surface area contributed by atoms with Gasteiger partial charge < -0.3 is 10.4 Å². The van der Waals surface area contributed by atoms with E-state index in [1.54, 1.807) is 0 Å². The van der Waals surface area contributed by atoms with Crippen molar-refractivity contribution in [3.8, 4) is 0 Å². The lowest BCUT2D eigenvalue weighted by molar-refractivity contribution is 0.0904. The lowest BCUT2D eigenvalue weighted by Crippen LogP contribution is -2.41. The smallest absolute Gasteiger partial charge is 0.0959 e. The van der Waals surface area contributed by atoms with Crippen molar-refractivity contribution in [2.75, 3.05) is 0 Å². The van der Waals surface area contributed by atoms with E-state index in [0.717, 1.165) is 25.3 Å². The summed E-state index contributed by atoms with van der Waals surface area (Å²) < 4.78 is 0. The SMILES string of the molecule is OC1CCCCC1NCc1cnc(C2CC2)s1. The van der Waals surface area contributed by atoms with Gasteiger partial charge in [-0.15, -0.1) is 11.3 Å². The molecule has 0 radical (unpaired) electrons. The van der Waals surface area contributed by atoms with Gasteiger partial charge in [-0.1, -0.05) is 12.8 Å². The van der Waals surface area contributed by atoms with Crippen LogP contribution < -0.4 is 5.32 Å². The quantitative estimate of drug-likeness (QED) is 0.865. The van der Waals surface area contributed by atoms with Crippen LogP contribution >= 0.6 is 11.3 Å². The summed E-state index contributed by atoms with van der Waals surface area (Å²) in [6.07, 6.45) is 8.96. The zero-order valence-electron chi connectivity index (χ0n) is 10.1. The molecule has 0 spiro atoms. The molecule has 0 amide bonds. The van der Waals surface area contributed by atoms with Crippen LogP contribution in [-0.4, -0.2) is 22.2 Å². The first kappa shape index (κ1) is 11.6. The molecule has 0 saturated heterocycles. The van der Waals surface area contributed by atoms with Crippen LogP contribution in [0.5, 0.6) is 0 Å². The van der Waals surface area contributed by atoms with Crippen molar-refractivity contribution in [2.45, 2.75) is 63.1 Å². The molecular formula is C13H20N2OS. The Labute approximate surface area is 106 Å². The van der Waals surface area contributed by atoms with Crippen LogP contribution in [0.1, 0.15) is 54.3 Å². The van der Waals surface area contributed by atoms with Crippen molar-refractivity contribution >= 4 is 11.3 Å². The molecule has 17 heavy (non-hydrogen) atoms. The molecule has 2 aliphatic rings. The second kappa shape index (κ2) is 5.04. The van der Waals surface area contributed by atoms with Crippen LogP contribution in [0.25, 0.3) is 0 Å². The van der Waals surface area contributed by atoms with Gasteiger partial charge in [0.1, 0.15) is 0 Å². The summed E-state index contributed by atoms with van der Waals surface area (Å²) in [7, 11) is 0. The summed E-state index contributed by atoms with van der Waals surface area (Å²) in [5.74, 6) is 0.758. The molecule has 2 saturated carbocycles. The highest BCUT2D eigenvalue weighted by atomic mass is 32.1. The lowest BCUT2D eigenvalue weighted by atomic mass is 9.93. The highest BCUT2D eigenvalue weighted by Gasteiger charge is 2.27. The molecule has 2 unspecified atom stereocenters. The van der Waals surface area contributed by atoms with E-state index in [4.69, 9.17) is 0 Å². The van der Waals surface area contributed by atoms with E-state index < -0.39 is 0 Å². The van der Waals surface area contributed by atoms with Crippen LogP contribution in [0.3, 0.4) is 0 Å². The Morgan fingerprint density at radius 3 is 2.88 bits per heavy atom. The molecule has 94 valence electrons. The molecule has 2 atom stereocenters. The van der Waals surface area contributed by atoms with E-state index in [0.29, 0.717) is 0 Å². The van der Waals surface area contributed by atoms with Gasteiger partial charge >= 0.3 is 0 Å². The van der Waals surface area contributed by atoms with Crippen LogP contribution in [0, 0.1) is 0 Å². The maximum atomic E-state index is 9.88. The Hall–Kier alpha value is -0.450. The van der Waals surface area contributed by atoms with E-state index in [-0.39, 0.29) is 12.1 Å². The number of aromatic nitrogens is 1. The normalized spacial score (nSPS) is 29.5. The fourth-order valence-corrected chi connectivity index (χ4v) is 3.54. The number of nitrogens with one attached hydrogen (secondary N) is 1. The molecule has 3 rings (SSSR count). The predicted octanol–water partition coefficient (Wildman–Crippen LogP) is 2.41. The Bertz CT molecular complexity index is 375. The number of hydrogen-bond donors (Lipinski definition) is 2. The molecule has 2 aliphatic carbocycles. The zero-order valence-corrected chi connectivity index (χ0v) is 10.9. The van der Waals surface area contributed by atoms with Crippen molar-refractivity contribution in [3.05, 3.63) is 16.1 Å². The van der Waals surface area contributed by atoms with Crippen molar-refractivity contribution in [1.82, 2.24) is 10.3 Å². The number of hydrogen-bond acceptors (Lipinski definition) is 4. The monoisotopic (exact) mass is 252 g/mol. The van der Waals surface area contributed by atoms with E-state index in [2.05, 4.69) is 10.3 Å². The molecular weight excluding hydrogens is 232 g/mol. The van der Waals surface area contributed by atoms with E-state index in [9.17, 15) is 5.11 Å². The molecule has 1 aromatic heterocycles. The van der Waals surface area contributed by atoms with Crippen molar-refractivity contribution in [1.29, 1.82) is 0 Å². The van der Waals surface area contributed by atoms with Crippen molar-refractivity contribution < 1.29 is 5.11 Å². The van der Waals surface area contributed by atoms with Gasteiger partial charge in [-0.3, -0.25) is 0 Å². The topological polar surface area (TPSA) is 45.1 Å². The zero-order chi connectivity index (χ0) is 11.7. The van der Waals surface area contributed by atoms with Gasteiger partial charge in [0, 0.05) is 29.6 Å². The second-order valence-electron chi connectivity index (χ2n) is 5.28. The highest BCUT2D eigenvalue weighted by Crippen LogP contribution is 2.41. The molecule has 1 heterocycles. The number of nitrogens with zero attached hydrogens (tertiary/aromatic N) is 1. The fourth-order valence-electron chi connectivity index (χ4n) is 2.50. The minimum absolute atomic E-state index is 0.153. The molecule has 0 aromatic carbocycles. The third-order valence-corrected chi connectivity index (χ3v) is 4.93. The minimum Gasteiger partial charge on any atom is -0.392 e. The Morgan fingerprint density at radius 2 is 2.12 bits per heavy atom. The molecule has 2 N–H and O–H groups in total. The second-order valence-corrected chi connectivity index (χ2v) is 6.43. The van der Waals surface area contributed by atoms with Gasteiger partial charge in [-0.2, -0.15) is 0 Å². The van der Waals surface area contributed by atoms with Gasteiger partial charge in [0.2, 0.25) is 0 Å². The van der Waals surface area contributed by atoms with Gasteiger partial charge in [-0.25, -0.2) is 4.98 Å². The van der Waals surface area contributed by atoms with E-state index >= 15 is 0 Å². The average Bonchev–Trinajstić information content (AvgIpc) is 3.08. The number of rotatable bonds is 4. The third kappa shape index (κ3) is 2.87. The van der Waals surface area contributed by atoms with Crippen LogP contribution in [0.4, 0.5) is 0 Å². The highest BCUT2D eigenvalue weighted by molar-refractivity contribution is 7.11. The maximum Gasteiger partial charge on any atom is 0.0959 e. The first-order valence-corrected chi connectivity index (χ1v) is 7.50. The van der Waals surface area contributed by atoms with Crippen molar-refractivity contribution in [2.24, 2.45) is 0 Å². The van der Waals surface area contributed by atoms with Gasteiger partial charge in [0.25, 0.3) is 0 Å². The summed E-state index contributed by atoms with van der Waals surface area (Å²) in [6.45, 7) is 0.867. The molecule has 1 aromatic rings. The third-order valence-electron chi connectivity index (χ3n) is 3.77. The van der Waals surface area contributed by atoms with Gasteiger partial charge in [-0.05, 0) is 25.7 Å². The molecule has 3 nitrogen and oxygen atoms in total. The average molecular weight is 252 g/mol. The van der Waals surface area contributed by atoms with Gasteiger partial charge in [0.15, 0.2) is 0 Å². The summed E-state index contributed by atoms with van der Waals surface area (Å²) in [4.78, 5) is 5.79. The Balaban J connectivity index is 1.51. The first-order valence-electron chi connectivity index (χ1n) is 6.69. The minimum atomic E-state index is -0.153. The largest absolute Gasteiger partial charge is 0.392 e. The van der Waals surface area contributed by atoms with Crippen LogP contribution in [0.2, 0.25) is 0 Å². The van der Waals surface area contributed by atoms with Crippen LogP contribution in [0.15, 0.2) is 6.20 Å². The molecule has 0 bridgehead atoms. The Morgan fingerprint density at radius 1 is 1.29 bits per heavy atom. The summed E-state index contributed by atoms with van der Waals surface area (Å²) in [5, 5.41) is 14.7. The maximum absolute atomic E-state index is 9.88. The summed E-state index contributed by atoms with van der Waals surface area (Å²) >= 11 is 1.84. The predicted molar refractivity (Wildman–Crippen MR) is 69.2 cm³/mol.